The lowest BCUT2D eigenvalue weighted by atomic mass is 10.1. The average molecular weight is 473 g/mol. The zero-order chi connectivity index (χ0) is 23.7. The molecule has 2 unspecified atom stereocenters. The molecule has 0 saturated heterocycles. The van der Waals surface area contributed by atoms with Crippen LogP contribution in [0.15, 0.2) is 88.8 Å². The Balaban J connectivity index is 1.45. The molecule has 2 heterocycles. The lowest BCUT2D eigenvalue weighted by molar-refractivity contribution is -0.124. The number of thioether (sulfide) groups is 1. The van der Waals surface area contributed by atoms with Crippen LogP contribution in [0.5, 0.6) is 0 Å². The fourth-order valence-electron chi connectivity index (χ4n) is 3.89. The summed E-state index contributed by atoms with van der Waals surface area (Å²) in [5.41, 5.74) is 2.79. The van der Waals surface area contributed by atoms with Gasteiger partial charge < -0.3 is 5.32 Å². The quantitative estimate of drug-likeness (QED) is 0.547. The fraction of sp³-hybridized carbons (Fsp3) is 0.154. The monoisotopic (exact) mass is 472 g/mol. The van der Waals surface area contributed by atoms with Gasteiger partial charge in [-0.15, -0.1) is 0 Å². The molecule has 3 aromatic rings. The lowest BCUT2D eigenvalue weighted by Crippen LogP contribution is -2.41. The molecule has 3 aromatic carbocycles. The van der Waals surface area contributed by atoms with Gasteiger partial charge in [0.25, 0.3) is 5.91 Å². The van der Waals surface area contributed by atoms with Crippen molar-refractivity contribution in [3.63, 3.8) is 0 Å². The number of hydrogen-bond donors (Lipinski definition) is 1. The first kappa shape index (κ1) is 22.0. The van der Waals surface area contributed by atoms with E-state index in [9.17, 15) is 14.0 Å². The van der Waals surface area contributed by atoms with Gasteiger partial charge in [0.1, 0.15) is 11.7 Å². The Bertz CT molecular complexity index is 1310. The number of benzene rings is 3. The van der Waals surface area contributed by atoms with Crippen LogP contribution < -0.4 is 5.32 Å². The molecule has 2 aliphatic rings. The Morgan fingerprint density at radius 1 is 1.06 bits per heavy atom. The highest BCUT2D eigenvalue weighted by Gasteiger charge is 2.43. The van der Waals surface area contributed by atoms with E-state index in [1.54, 1.807) is 0 Å². The molecule has 0 fully saturated rings. The number of anilines is 1. The van der Waals surface area contributed by atoms with Gasteiger partial charge in [0.05, 0.1) is 10.9 Å². The van der Waals surface area contributed by atoms with Crippen molar-refractivity contribution in [2.75, 3.05) is 5.32 Å². The molecular weight excluding hydrogens is 451 g/mol. The van der Waals surface area contributed by atoms with Crippen molar-refractivity contribution >= 4 is 46.0 Å². The van der Waals surface area contributed by atoms with Crippen molar-refractivity contribution in [1.29, 1.82) is 0 Å². The number of hydrogen-bond acceptors (Lipinski definition) is 5. The number of carbonyl (C=O) groups excluding carboxylic acids is 2. The Morgan fingerprint density at radius 3 is 2.50 bits per heavy atom. The van der Waals surface area contributed by atoms with Gasteiger partial charge in [-0.25, -0.2) is 19.3 Å². The van der Waals surface area contributed by atoms with E-state index >= 15 is 0 Å². The van der Waals surface area contributed by atoms with Crippen LogP contribution in [0.25, 0.3) is 0 Å². The topological polar surface area (TPSA) is 74.1 Å². The molecule has 0 spiro atoms. The minimum Gasteiger partial charge on any atom is -0.325 e. The number of rotatable bonds is 5. The molecule has 5 rings (SSSR count). The van der Waals surface area contributed by atoms with Crippen molar-refractivity contribution < 1.29 is 14.0 Å². The summed E-state index contributed by atoms with van der Waals surface area (Å²) in [5.74, 6) is -0.274. The molecule has 0 aliphatic carbocycles. The summed E-state index contributed by atoms with van der Waals surface area (Å²) in [6, 6.07) is 21.9. The van der Waals surface area contributed by atoms with Crippen molar-refractivity contribution in [1.82, 2.24) is 4.90 Å². The molecule has 2 amide bonds. The van der Waals surface area contributed by atoms with Gasteiger partial charge in [-0.05, 0) is 48.4 Å². The summed E-state index contributed by atoms with van der Waals surface area (Å²) in [7, 11) is 0. The average Bonchev–Trinajstić information content (AvgIpc) is 3.22. The number of halogens is 1. The molecule has 1 N–H and O–H groups in total. The number of aliphatic imine (C=N–C) groups is 2. The van der Waals surface area contributed by atoms with Crippen LogP contribution in [0.3, 0.4) is 0 Å². The molecule has 2 atom stereocenters. The molecule has 0 saturated carbocycles. The van der Waals surface area contributed by atoms with Gasteiger partial charge in [0, 0.05) is 11.3 Å². The normalized spacial score (nSPS) is 17.4. The third-order valence-electron chi connectivity index (χ3n) is 5.61. The highest BCUT2D eigenvalue weighted by atomic mass is 32.2. The molecular formula is C26H21FN4O2S. The number of para-hydroxylation sites is 1. The fourth-order valence-corrected chi connectivity index (χ4v) is 4.91. The third-order valence-corrected chi connectivity index (χ3v) is 6.92. The minimum absolute atomic E-state index is 0.198. The smallest absolute Gasteiger partial charge is 0.263 e. The first-order valence-corrected chi connectivity index (χ1v) is 11.8. The Morgan fingerprint density at radius 2 is 1.76 bits per heavy atom. The zero-order valence-electron chi connectivity index (χ0n) is 18.3. The maximum Gasteiger partial charge on any atom is 0.263 e. The van der Waals surface area contributed by atoms with Crippen LogP contribution in [-0.2, 0) is 9.59 Å². The molecule has 2 aliphatic heterocycles. The van der Waals surface area contributed by atoms with Gasteiger partial charge in [-0.3, -0.25) is 9.59 Å². The largest absolute Gasteiger partial charge is 0.325 e. The van der Waals surface area contributed by atoms with Gasteiger partial charge in [-0.2, -0.15) is 0 Å². The predicted molar refractivity (Wildman–Crippen MR) is 133 cm³/mol. The number of nitrogens with zero attached hydrogens (tertiary/aromatic N) is 3. The van der Waals surface area contributed by atoms with E-state index in [4.69, 9.17) is 9.98 Å². The highest BCUT2D eigenvalue weighted by Crippen LogP contribution is 2.38. The summed E-state index contributed by atoms with van der Waals surface area (Å²) in [5, 5.41) is 2.72. The van der Waals surface area contributed by atoms with Gasteiger partial charge >= 0.3 is 0 Å². The standard InChI is InChI=1S/C26H21FN4O2S/c1-2-21(24(32)28-18-14-12-17(27)13-15-18)34-26-29-20-11-7-6-10-19(20)23-30-22(25(33)31(23)26)16-8-4-3-5-9-16/h3-15,21-22H,2H2,1H3,(H,28,32). The number of nitrogens with one attached hydrogen (secondary N) is 1. The summed E-state index contributed by atoms with van der Waals surface area (Å²) in [6.07, 6.45) is 0.509. The summed E-state index contributed by atoms with van der Waals surface area (Å²) in [4.78, 5) is 37.5. The Kier molecular flexibility index (Phi) is 5.98. The number of amidine groups is 2. The van der Waals surface area contributed by atoms with Gasteiger partial charge in [-0.1, -0.05) is 61.2 Å². The molecule has 0 radical (unpaired) electrons. The SMILES string of the molecule is CCC(SC1=Nc2ccccc2C2=NC(c3ccccc3)C(=O)N12)C(=O)Nc1ccc(F)cc1. The van der Waals surface area contributed by atoms with Gasteiger partial charge in [0.15, 0.2) is 11.2 Å². The summed E-state index contributed by atoms with van der Waals surface area (Å²) in [6.45, 7) is 1.90. The minimum atomic E-state index is -0.665. The number of amides is 2. The second kappa shape index (κ2) is 9.23. The maximum absolute atomic E-state index is 13.5. The van der Waals surface area contributed by atoms with Crippen molar-refractivity contribution in [3.8, 4) is 0 Å². The van der Waals surface area contributed by atoms with E-state index in [1.165, 1.54) is 40.9 Å². The van der Waals surface area contributed by atoms with E-state index in [0.717, 1.165) is 11.1 Å². The van der Waals surface area contributed by atoms with Crippen LogP contribution in [0.2, 0.25) is 0 Å². The van der Waals surface area contributed by atoms with Crippen molar-refractivity contribution in [2.24, 2.45) is 9.98 Å². The molecule has 8 heteroatoms. The highest BCUT2D eigenvalue weighted by molar-refractivity contribution is 8.15. The van der Waals surface area contributed by atoms with E-state index in [1.807, 2.05) is 61.5 Å². The predicted octanol–water partition coefficient (Wildman–Crippen LogP) is 5.31. The van der Waals surface area contributed by atoms with Gasteiger partial charge in [0.2, 0.25) is 5.91 Å². The number of carbonyl (C=O) groups is 2. The second-order valence-electron chi connectivity index (χ2n) is 7.86. The van der Waals surface area contributed by atoms with Crippen molar-refractivity contribution in [2.45, 2.75) is 24.6 Å². The zero-order valence-corrected chi connectivity index (χ0v) is 19.1. The van der Waals surface area contributed by atoms with E-state index in [2.05, 4.69) is 5.32 Å². The first-order chi connectivity index (χ1) is 16.5. The molecule has 0 aromatic heterocycles. The Hall–Kier alpha value is -3.78. The van der Waals surface area contributed by atoms with Crippen LogP contribution >= 0.6 is 11.8 Å². The van der Waals surface area contributed by atoms with Crippen LogP contribution in [0, 0.1) is 5.82 Å². The number of fused-ring (bicyclic) bond motifs is 3. The van der Waals surface area contributed by atoms with Crippen LogP contribution in [-0.4, -0.2) is 33.0 Å². The molecule has 34 heavy (non-hydrogen) atoms. The van der Waals surface area contributed by atoms with Crippen LogP contribution in [0.4, 0.5) is 15.8 Å². The first-order valence-electron chi connectivity index (χ1n) is 10.9. The maximum atomic E-state index is 13.5. The summed E-state index contributed by atoms with van der Waals surface area (Å²) >= 11 is 1.23. The lowest BCUT2D eigenvalue weighted by Gasteiger charge is -2.27. The second-order valence-corrected chi connectivity index (χ2v) is 9.03. The molecule has 0 bridgehead atoms. The molecule has 6 nitrogen and oxygen atoms in total. The summed E-state index contributed by atoms with van der Waals surface area (Å²) < 4.78 is 13.2. The third kappa shape index (κ3) is 4.12. The van der Waals surface area contributed by atoms with E-state index in [-0.39, 0.29) is 17.6 Å². The van der Waals surface area contributed by atoms with Crippen LogP contribution in [0.1, 0.15) is 30.5 Å². The molecule has 170 valence electrons. The Labute approximate surface area is 200 Å². The van der Waals surface area contributed by atoms with E-state index in [0.29, 0.717) is 28.8 Å². The van der Waals surface area contributed by atoms with E-state index < -0.39 is 11.3 Å². The van der Waals surface area contributed by atoms with Crippen molar-refractivity contribution in [3.05, 3.63) is 95.8 Å².